The second kappa shape index (κ2) is 15.4. The van der Waals surface area contributed by atoms with Gasteiger partial charge in [-0.15, -0.1) is 11.3 Å². The number of aromatic nitrogens is 4. The molecule has 3 aromatic heterocycles. The lowest BCUT2D eigenvalue weighted by atomic mass is 9.95. The predicted octanol–water partition coefficient (Wildman–Crippen LogP) is 15.6. The average molecular weight is 821 g/mol. The van der Waals surface area contributed by atoms with Crippen LogP contribution in [0.15, 0.2) is 218 Å². The molecule has 0 bridgehead atoms. The van der Waals surface area contributed by atoms with Crippen LogP contribution < -0.4 is 0 Å². The molecule has 3 heterocycles. The maximum Gasteiger partial charge on any atom is 0.164 e. The topological polar surface area (TPSA) is 51.6 Å². The van der Waals surface area contributed by atoms with Crippen LogP contribution in [-0.4, -0.2) is 19.9 Å². The molecule has 0 aliphatic rings. The fourth-order valence-corrected chi connectivity index (χ4v) is 10.1. The van der Waals surface area contributed by atoms with Gasteiger partial charge in [0.05, 0.1) is 11.2 Å². The van der Waals surface area contributed by atoms with Crippen molar-refractivity contribution in [3.8, 4) is 78.8 Å². The molecule has 5 heteroatoms. The van der Waals surface area contributed by atoms with Crippen molar-refractivity contribution in [2.75, 3.05) is 0 Å². The number of hydrogen-bond donors (Lipinski definition) is 0. The molecule has 12 aromatic rings. The Bertz CT molecular complexity index is 3540. The highest BCUT2D eigenvalue weighted by Crippen LogP contribution is 2.46. The first-order chi connectivity index (χ1) is 31.2. The zero-order valence-electron chi connectivity index (χ0n) is 34.0. The van der Waals surface area contributed by atoms with Gasteiger partial charge in [-0.3, -0.25) is 0 Å². The van der Waals surface area contributed by atoms with Crippen LogP contribution in [0, 0.1) is 0 Å². The highest BCUT2D eigenvalue weighted by molar-refractivity contribution is 7.26. The highest BCUT2D eigenvalue weighted by atomic mass is 32.1. The van der Waals surface area contributed by atoms with Crippen molar-refractivity contribution in [1.29, 1.82) is 0 Å². The lowest BCUT2D eigenvalue weighted by Gasteiger charge is -2.12. The summed E-state index contributed by atoms with van der Waals surface area (Å²) in [7, 11) is 0. The van der Waals surface area contributed by atoms with Gasteiger partial charge in [0.25, 0.3) is 0 Å². The van der Waals surface area contributed by atoms with Crippen LogP contribution >= 0.6 is 11.3 Å². The first kappa shape index (κ1) is 36.7. The molecular weight excluding hydrogens is 785 g/mol. The molecule has 0 radical (unpaired) electrons. The van der Waals surface area contributed by atoms with Gasteiger partial charge in [-0.2, -0.15) is 0 Å². The summed E-state index contributed by atoms with van der Waals surface area (Å²) in [5, 5.41) is 6.07. The van der Waals surface area contributed by atoms with Crippen molar-refractivity contribution >= 4 is 53.2 Å². The molecule has 0 saturated heterocycles. The van der Waals surface area contributed by atoms with Crippen molar-refractivity contribution in [1.82, 2.24) is 19.9 Å². The Balaban J connectivity index is 0.998. The molecule has 0 unspecified atom stereocenters. The smallest absolute Gasteiger partial charge is 0.164 e. The quantitative estimate of drug-likeness (QED) is 0.150. The molecular formula is C58H36N4S. The van der Waals surface area contributed by atoms with Crippen LogP contribution in [0.25, 0.3) is 121 Å². The summed E-state index contributed by atoms with van der Waals surface area (Å²) in [5.74, 6) is 1.88. The average Bonchev–Trinajstić information content (AvgIpc) is 3.76. The summed E-state index contributed by atoms with van der Waals surface area (Å²) in [6, 6.07) is 76.8. The minimum Gasteiger partial charge on any atom is -0.247 e. The first-order valence-electron chi connectivity index (χ1n) is 21.1. The second-order valence-corrected chi connectivity index (χ2v) is 16.8. The molecule has 12 rings (SSSR count). The number of hydrogen-bond acceptors (Lipinski definition) is 5. The zero-order valence-corrected chi connectivity index (χ0v) is 34.8. The van der Waals surface area contributed by atoms with Crippen molar-refractivity contribution < 1.29 is 0 Å². The van der Waals surface area contributed by atoms with Crippen LogP contribution in [0.3, 0.4) is 0 Å². The van der Waals surface area contributed by atoms with Crippen molar-refractivity contribution in [2.24, 2.45) is 0 Å². The van der Waals surface area contributed by atoms with Crippen molar-refractivity contribution in [3.63, 3.8) is 0 Å². The molecule has 0 spiro atoms. The van der Waals surface area contributed by atoms with E-state index in [1.807, 2.05) is 23.5 Å². The van der Waals surface area contributed by atoms with Gasteiger partial charge in [-0.05, 0) is 51.6 Å². The highest BCUT2D eigenvalue weighted by Gasteiger charge is 2.19. The standard InChI is InChI=1S/C58H36N4S/c1-4-14-37(15-5-1)39-26-30-42(31-27-39)56-60-57(43-32-28-40(29-33-43)38-16-6-2-7-17-38)62-58(61-56)45-21-12-20-44(36-45)46-23-13-24-49-53-51(63-55(46)49)35-34-48-52(53)47-22-10-11-25-50(47)59-54(48)41-18-8-3-9-19-41/h1-36H. The number of fused-ring (bicyclic) bond motifs is 7. The molecule has 0 aliphatic heterocycles. The van der Waals surface area contributed by atoms with E-state index in [1.165, 1.54) is 42.2 Å². The lowest BCUT2D eigenvalue weighted by Crippen LogP contribution is -2.00. The van der Waals surface area contributed by atoms with E-state index in [0.717, 1.165) is 60.9 Å². The lowest BCUT2D eigenvalue weighted by molar-refractivity contribution is 1.07. The van der Waals surface area contributed by atoms with E-state index in [2.05, 4.69) is 206 Å². The molecule has 0 aliphatic carbocycles. The van der Waals surface area contributed by atoms with Crippen LogP contribution in [0.4, 0.5) is 0 Å². The third-order valence-corrected chi connectivity index (χ3v) is 13.1. The molecule has 0 saturated carbocycles. The van der Waals surface area contributed by atoms with Gasteiger partial charge in [-0.1, -0.05) is 200 Å². The van der Waals surface area contributed by atoms with Gasteiger partial charge in [0.15, 0.2) is 17.5 Å². The number of nitrogens with zero attached hydrogens (tertiary/aromatic N) is 4. The summed E-state index contributed by atoms with van der Waals surface area (Å²) in [6.45, 7) is 0. The van der Waals surface area contributed by atoms with E-state index in [4.69, 9.17) is 19.9 Å². The van der Waals surface area contributed by atoms with Gasteiger partial charge in [0, 0.05) is 58.6 Å². The molecule has 0 fully saturated rings. The Morgan fingerprint density at radius 3 is 1.40 bits per heavy atom. The second-order valence-electron chi connectivity index (χ2n) is 15.8. The Kier molecular flexibility index (Phi) is 8.98. The van der Waals surface area contributed by atoms with E-state index < -0.39 is 0 Å². The Hall–Kier alpha value is -8.12. The molecule has 0 atom stereocenters. The zero-order chi connectivity index (χ0) is 41.7. The maximum atomic E-state index is 5.22. The number of thiophene rings is 1. The molecule has 9 aromatic carbocycles. The fourth-order valence-electron chi connectivity index (χ4n) is 8.85. The normalized spacial score (nSPS) is 11.5. The number of rotatable bonds is 7. The molecule has 0 amide bonds. The first-order valence-corrected chi connectivity index (χ1v) is 21.9. The third kappa shape index (κ3) is 6.63. The minimum absolute atomic E-state index is 0.623. The van der Waals surface area contributed by atoms with Crippen molar-refractivity contribution in [3.05, 3.63) is 218 Å². The minimum atomic E-state index is 0.623. The number of pyridine rings is 1. The third-order valence-electron chi connectivity index (χ3n) is 11.9. The monoisotopic (exact) mass is 820 g/mol. The fraction of sp³-hybridized carbons (Fsp3) is 0. The van der Waals surface area contributed by atoms with E-state index in [9.17, 15) is 0 Å². The molecule has 0 N–H and O–H groups in total. The van der Waals surface area contributed by atoms with E-state index >= 15 is 0 Å². The number of para-hydroxylation sites is 1. The van der Waals surface area contributed by atoms with Crippen LogP contribution in [-0.2, 0) is 0 Å². The molecule has 294 valence electrons. The largest absolute Gasteiger partial charge is 0.247 e. The van der Waals surface area contributed by atoms with Gasteiger partial charge in [-0.25, -0.2) is 19.9 Å². The van der Waals surface area contributed by atoms with Gasteiger partial charge < -0.3 is 0 Å². The summed E-state index contributed by atoms with van der Waals surface area (Å²) in [6.07, 6.45) is 0. The van der Waals surface area contributed by atoms with Crippen molar-refractivity contribution in [2.45, 2.75) is 0 Å². The Morgan fingerprint density at radius 1 is 0.286 bits per heavy atom. The summed E-state index contributed by atoms with van der Waals surface area (Å²) in [4.78, 5) is 20.7. The van der Waals surface area contributed by atoms with Crippen LogP contribution in [0.5, 0.6) is 0 Å². The molecule has 63 heavy (non-hydrogen) atoms. The molecule has 4 nitrogen and oxygen atoms in total. The van der Waals surface area contributed by atoms with Gasteiger partial charge >= 0.3 is 0 Å². The van der Waals surface area contributed by atoms with Crippen LogP contribution in [0.1, 0.15) is 0 Å². The van der Waals surface area contributed by atoms with Crippen LogP contribution in [0.2, 0.25) is 0 Å². The number of benzene rings is 9. The Labute approximate surface area is 368 Å². The Morgan fingerprint density at radius 2 is 0.762 bits per heavy atom. The summed E-state index contributed by atoms with van der Waals surface area (Å²) in [5.41, 5.74) is 12.8. The van der Waals surface area contributed by atoms with Gasteiger partial charge in [0.1, 0.15) is 0 Å². The maximum absolute atomic E-state index is 5.22. The summed E-state index contributed by atoms with van der Waals surface area (Å²) >= 11 is 1.85. The predicted molar refractivity (Wildman–Crippen MR) is 264 cm³/mol. The van der Waals surface area contributed by atoms with E-state index in [0.29, 0.717) is 17.5 Å². The van der Waals surface area contributed by atoms with Gasteiger partial charge in [0.2, 0.25) is 0 Å². The van der Waals surface area contributed by atoms with E-state index in [1.54, 1.807) is 0 Å². The summed E-state index contributed by atoms with van der Waals surface area (Å²) < 4.78 is 2.49. The SMILES string of the molecule is c1ccc(-c2ccc(-c3nc(-c4ccc(-c5ccccc5)cc4)nc(-c4cccc(-c5cccc6c5sc5ccc7c(-c8ccccc8)nc8ccccc8c7c56)c4)n3)cc2)cc1. The van der Waals surface area contributed by atoms with E-state index in [-0.39, 0.29) is 0 Å².